The number of carbonyl (C=O) groups is 1. The molecular formula is C26H30N6O. The van der Waals surface area contributed by atoms with Crippen LogP contribution in [0.5, 0.6) is 0 Å². The molecule has 1 fully saturated rings. The van der Waals surface area contributed by atoms with Gasteiger partial charge in [-0.05, 0) is 45.1 Å². The Morgan fingerprint density at radius 3 is 2.52 bits per heavy atom. The molecule has 0 aliphatic carbocycles. The zero-order chi connectivity index (χ0) is 22.8. The van der Waals surface area contributed by atoms with Crippen molar-refractivity contribution in [1.29, 1.82) is 0 Å². The second kappa shape index (κ2) is 9.25. The third kappa shape index (κ3) is 4.58. The predicted octanol–water partition coefficient (Wildman–Crippen LogP) is 3.86. The first-order chi connectivity index (χ1) is 16.1. The van der Waals surface area contributed by atoms with Crippen LogP contribution in [-0.4, -0.2) is 50.4 Å². The Morgan fingerprint density at radius 2 is 1.79 bits per heavy atom. The van der Waals surface area contributed by atoms with Crippen molar-refractivity contribution in [2.75, 3.05) is 24.5 Å². The summed E-state index contributed by atoms with van der Waals surface area (Å²) in [6.45, 7) is 7.24. The van der Waals surface area contributed by atoms with Crippen LogP contribution in [0, 0.1) is 13.8 Å². The number of hydrogen-bond acceptors (Lipinski definition) is 6. The molecule has 0 spiro atoms. The van der Waals surface area contributed by atoms with Gasteiger partial charge in [0.05, 0.1) is 11.9 Å². The molecular weight excluding hydrogens is 412 g/mol. The highest BCUT2D eigenvalue weighted by Gasteiger charge is 2.29. The molecule has 0 bridgehead atoms. The summed E-state index contributed by atoms with van der Waals surface area (Å²) in [5, 5.41) is 0. The number of aryl methyl sites for hydroxylation is 2. The van der Waals surface area contributed by atoms with Gasteiger partial charge in [0.1, 0.15) is 17.3 Å². The molecule has 4 heterocycles. The van der Waals surface area contributed by atoms with Gasteiger partial charge in [0.15, 0.2) is 0 Å². The van der Waals surface area contributed by atoms with Crippen molar-refractivity contribution in [1.82, 2.24) is 24.8 Å². The molecule has 0 atom stereocenters. The molecule has 1 amide bonds. The molecule has 0 saturated carbocycles. The fraction of sp³-hybridized carbons (Fsp3) is 0.423. The summed E-state index contributed by atoms with van der Waals surface area (Å²) in [6, 6.07) is 10.6. The van der Waals surface area contributed by atoms with Gasteiger partial charge >= 0.3 is 0 Å². The van der Waals surface area contributed by atoms with Gasteiger partial charge in [0.2, 0.25) is 0 Å². The van der Waals surface area contributed by atoms with E-state index in [1.807, 2.05) is 11.8 Å². The lowest BCUT2D eigenvalue weighted by atomic mass is 9.94. The van der Waals surface area contributed by atoms with Crippen LogP contribution in [0.15, 0.2) is 42.7 Å². The highest BCUT2D eigenvalue weighted by Crippen LogP contribution is 2.33. The highest BCUT2D eigenvalue weighted by atomic mass is 16.2. The molecule has 33 heavy (non-hydrogen) atoms. The van der Waals surface area contributed by atoms with E-state index in [1.54, 1.807) is 12.4 Å². The number of amides is 1. The third-order valence-electron chi connectivity index (χ3n) is 6.73. The van der Waals surface area contributed by atoms with Crippen molar-refractivity contribution < 1.29 is 4.79 Å². The molecule has 2 aliphatic heterocycles. The van der Waals surface area contributed by atoms with E-state index in [0.29, 0.717) is 18.8 Å². The number of aromatic nitrogens is 4. The molecule has 0 unspecified atom stereocenters. The Bertz CT molecular complexity index is 1120. The Kier molecular flexibility index (Phi) is 6.03. The second-order valence-electron chi connectivity index (χ2n) is 9.09. The lowest BCUT2D eigenvalue weighted by Crippen LogP contribution is -2.39. The van der Waals surface area contributed by atoms with E-state index in [1.165, 1.54) is 11.1 Å². The number of nitrogens with zero attached hydrogens (tertiary/aromatic N) is 6. The largest absolute Gasteiger partial charge is 0.352 e. The quantitative estimate of drug-likeness (QED) is 0.611. The number of anilines is 1. The summed E-state index contributed by atoms with van der Waals surface area (Å²) in [5.41, 5.74) is 4.91. The molecule has 0 N–H and O–H groups in total. The number of piperidine rings is 1. The van der Waals surface area contributed by atoms with Crippen LogP contribution in [0.2, 0.25) is 0 Å². The van der Waals surface area contributed by atoms with Gasteiger partial charge in [0.25, 0.3) is 5.91 Å². The second-order valence-corrected chi connectivity index (χ2v) is 9.09. The van der Waals surface area contributed by atoms with Crippen molar-refractivity contribution in [3.05, 3.63) is 76.8 Å². The van der Waals surface area contributed by atoms with Crippen molar-refractivity contribution in [2.24, 2.45) is 0 Å². The molecule has 3 aromatic rings. The van der Waals surface area contributed by atoms with Crippen LogP contribution in [0.3, 0.4) is 0 Å². The standard InChI is InChI=1S/C26H30N6O/c1-18-15-28-23(16-27-18)26(33)31-13-10-21(11-14-31)24-29-19(2)22-9-6-12-32(25(22)30-24)17-20-7-4-3-5-8-20/h3-5,7-8,15-16,21H,6,9-14,17H2,1-2H3. The molecule has 2 aromatic heterocycles. The molecule has 0 radical (unpaired) electrons. The van der Waals surface area contributed by atoms with Crippen LogP contribution < -0.4 is 4.90 Å². The molecule has 7 nitrogen and oxygen atoms in total. The first-order valence-corrected chi connectivity index (χ1v) is 11.8. The average molecular weight is 443 g/mol. The summed E-state index contributed by atoms with van der Waals surface area (Å²) in [5.74, 6) is 2.25. The molecule has 5 rings (SSSR count). The van der Waals surface area contributed by atoms with E-state index < -0.39 is 0 Å². The van der Waals surface area contributed by atoms with Gasteiger partial charge < -0.3 is 9.80 Å². The molecule has 170 valence electrons. The van der Waals surface area contributed by atoms with Crippen LogP contribution in [0.1, 0.15) is 64.0 Å². The van der Waals surface area contributed by atoms with E-state index in [2.05, 4.69) is 52.1 Å². The SMILES string of the molecule is Cc1cnc(C(=O)N2CCC(c3nc(C)c4c(n3)N(Cc3ccccc3)CCC4)CC2)cn1. The number of carbonyl (C=O) groups excluding carboxylic acids is 1. The molecule has 7 heteroatoms. The maximum absolute atomic E-state index is 12.8. The van der Waals surface area contributed by atoms with Crippen molar-refractivity contribution in [3.63, 3.8) is 0 Å². The zero-order valence-corrected chi connectivity index (χ0v) is 19.4. The van der Waals surface area contributed by atoms with Gasteiger partial charge in [-0.2, -0.15) is 0 Å². The van der Waals surface area contributed by atoms with Crippen molar-refractivity contribution >= 4 is 11.7 Å². The Balaban J connectivity index is 1.31. The first kappa shape index (κ1) is 21.5. The third-order valence-corrected chi connectivity index (χ3v) is 6.73. The van der Waals surface area contributed by atoms with Crippen molar-refractivity contribution in [3.8, 4) is 0 Å². The average Bonchev–Trinajstić information content (AvgIpc) is 2.85. The van der Waals surface area contributed by atoms with Gasteiger partial charge in [-0.25, -0.2) is 15.0 Å². The maximum Gasteiger partial charge on any atom is 0.274 e. The smallest absolute Gasteiger partial charge is 0.274 e. The minimum atomic E-state index is -0.0440. The maximum atomic E-state index is 12.8. The number of rotatable bonds is 4. The van der Waals surface area contributed by atoms with Gasteiger partial charge in [-0.3, -0.25) is 9.78 Å². The van der Waals surface area contributed by atoms with E-state index >= 15 is 0 Å². The molecule has 1 aromatic carbocycles. The molecule has 2 aliphatic rings. The highest BCUT2D eigenvalue weighted by molar-refractivity contribution is 5.92. The Labute approximate surface area is 194 Å². The lowest BCUT2D eigenvalue weighted by Gasteiger charge is -2.34. The van der Waals surface area contributed by atoms with Gasteiger partial charge in [-0.1, -0.05) is 30.3 Å². The van der Waals surface area contributed by atoms with Crippen molar-refractivity contribution in [2.45, 2.75) is 52.0 Å². The van der Waals surface area contributed by atoms with Crippen LogP contribution in [0.25, 0.3) is 0 Å². The van der Waals surface area contributed by atoms with E-state index in [9.17, 15) is 4.79 Å². The Morgan fingerprint density at radius 1 is 1.00 bits per heavy atom. The number of fused-ring (bicyclic) bond motifs is 1. The first-order valence-electron chi connectivity index (χ1n) is 11.8. The van der Waals surface area contributed by atoms with Crippen LogP contribution in [-0.2, 0) is 13.0 Å². The summed E-state index contributed by atoms with van der Waals surface area (Å²) < 4.78 is 0. The molecule has 1 saturated heterocycles. The zero-order valence-electron chi connectivity index (χ0n) is 19.4. The monoisotopic (exact) mass is 442 g/mol. The Hall–Kier alpha value is -3.35. The predicted molar refractivity (Wildman–Crippen MR) is 127 cm³/mol. The van der Waals surface area contributed by atoms with Crippen LogP contribution in [0.4, 0.5) is 5.82 Å². The number of likely N-dealkylation sites (tertiary alicyclic amines) is 1. The topological polar surface area (TPSA) is 75.1 Å². The number of hydrogen-bond donors (Lipinski definition) is 0. The van der Waals surface area contributed by atoms with E-state index in [-0.39, 0.29) is 11.8 Å². The van der Waals surface area contributed by atoms with Crippen LogP contribution >= 0.6 is 0 Å². The van der Waals surface area contributed by atoms with Gasteiger partial charge in [-0.15, -0.1) is 0 Å². The minimum Gasteiger partial charge on any atom is -0.352 e. The summed E-state index contributed by atoms with van der Waals surface area (Å²) >= 11 is 0. The minimum absolute atomic E-state index is 0.0440. The van der Waals surface area contributed by atoms with E-state index in [0.717, 1.165) is 61.8 Å². The summed E-state index contributed by atoms with van der Waals surface area (Å²) in [7, 11) is 0. The fourth-order valence-electron chi connectivity index (χ4n) is 4.86. The number of benzene rings is 1. The summed E-state index contributed by atoms with van der Waals surface area (Å²) in [4.78, 5) is 35.6. The summed E-state index contributed by atoms with van der Waals surface area (Å²) in [6.07, 6.45) is 7.11. The normalized spacial score (nSPS) is 16.5. The lowest BCUT2D eigenvalue weighted by molar-refractivity contribution is 0.0704. The fourth-order valence-corrected chi connectivity index (χ4v) is 4.86. The van der Waals surface area contributed by atoms with Gasteiger partial charge in [0, 0.05) is 49.6 Å². The van der Waals surface area contributed by atoms with E-state index in [4.69, 9.17) is 9.97 Å².